The summed E-state index contributed by atoms with van der Waals surface area (Å²) in [5, 5.41) is 6.80. The Morgan fingerprint density at radius 1 is 1.47 bits per heavy atom. The van der Waals surface area contributed by atoms with Gasteiger partial charge in [-0.05, 0) is 19.8 Å². The van der Waals surface area contributed by atoms with Gasteiger partial charge in [-0.25, -0.2) is 4.79 Å². The molecule has 1 amide bonds. The molecule has 1 aliphatic rings. The molecule has 0 bridgehead atoms. The maximum atomic E-state index is 12.2. The van der Waals surface area contributed by atoms with Crippen LogP contribution in [0.25, 0.3) is 0 Å². The molecule has 0 atom stereocenters. The van der Waals surface area contributed by atoms with Crippen LogP contribution in [-0.4, -0.2) is 33.8 Å². The van der Waals surface area contributed by atoms with Crippen molar-refractivity contribution in [2.45, 2.75) is 38.1 Å². The van der Waals surface area contributed by atoms with E-state index in [9.17, 15) is 9.59 Å². The van der Waals surface area contributed by atoms with Crippen LogP contribution < -0.4 is 5.32 Å². The zero-order chi connectivity index (χ0) is 13.9. The van der Waals surface area contributed by atoms with E-state index in [0.717, 1.165) is 12.8 Å². The van der Waals surface area contributed by atoms with E-state index in [1.54, 1.807) is 24.9 Å². The van der Waals surface area contributed by atoms with E-state index >= 15 is 0 Å². The summed E-state index contributed by atoms with van der Waals surface area (Å²) in [5.74, 6) is -0.604. The molecule has 104 valence electrons. The molecule has 1 aromatic heterocycles. The van der Waals surface area contributed by atoms with Gasteiger partial charge in [-0.15, -0.1) is 0 Å². The molecule has 0 unspecified atom stereocenters. The molecule has 19 heavy (non-hydrogen) atoms. The van der Waals surface area contributed by atoms with E-state index < -0.39 is 5.54 Å². The Labute approximate surface area is 112 Å². The quantitative estimate of drug-likeness (QED) is 0.825. The van der Waals surface area contributed by atoms with E-state index in [2.05, 4.69) is 10.4 Å². The minimum Gasteiger partial charge on any atom is -0.464 e. The molecular formula is C13H19N3O3. The molecular weight excluding hydrogens is 246 g/mol. The van der Waals surface area contributed by atoms with E-state index in [0.29, 0.717) is 25.0 Å². The molecule has 0 spiro atoms. The van der Waals surface area contributed by atoms with Crippen molar-refractivity contribution in [3.63, 3.8) is 0 Å². The lowest BCUT2D eigenvalue weighted by molar-refractivity contribution is -0.150. The normalized spacial score (nSPS) is 17.2. The lowest BCUT2D eigenvalue weighted by Crippen LogP contribution is -2.53. The van der Waals surface area contributed by atoms with E-state index in [4.69, 9.17) is 4.74 Å². The number of rotatable bonds is 4. The van der Waals surface area contributed by atoms with Crippen molar-refractivity contribution in [3.05, 3.63) is 18.0 Å². The molecule has 0 saturated heterocycles. The second-order valence-corrected chi connectivity index (χ2v) is 4.87. The average Bonchev–Trinajstić information content (AvgIpc) is 2.99. The number of aromatic nitrogens is 2. The van der Waals surface area contributed by atoms with Crippen molar-refractivity contribution in [2.75, 3.05) is 6.61 Å². The first-order valence-corrected chi connectivity index (χ1v) is 6.56. The fraction of sp³-hybridized carbons (Fsp3) is 0.615. The van der Waals surface area contributed by atoms with Crippen molar-refractivity contribution >= 4 is 11.9 Å². The first-order valence-electron chi connectivity index (χ1n) is 6.56. The molecule has 1 heterocycles. The molecule has 0 radical (unpaired) electrons. The summed E-state index contributed by atoms with van der Waals surface area (Å²) >= 11 is 0. The van der Waals surface area contributed by atoms with Crippen LogP contribution in [0.2, 0.25) is 0 Å². The van der Waals surface area contributed by atoms with Crippen LogP contribution in [0.15, 0.2) is 12.4 Å². The first-order chi connectivity index (χ1) is 9.07. The molecule has 6 heteroatoms. The minimum absolute atomic E-state index is 0.275. The lowest BCUT2D eigenvalue weighted by Gasteiger charge is -2.27. The van der Waals surface area contributed by atoms with Crippen LogP contribution >= 0.6 is 0 Å². The largest absolute Gasteiger partial charge is 0.464 e. The summed E-state index contributed by atoms with van der Waals surface area (Å²) in [6.07, 6.45) is 6.24. The summed E-state index contributed by atoms with van der Waals surface area (Å²) in [4.78, 5) is 24.2. The number of aryl methyl sites for hydroxylation is 1. The number of nitrogens with zero attached hydrogens (tertiary/aromatic N) is 2. The van der Waals surface area contributed by atoms with Gasteiger partial charge in [0, 0.05) is 13.2 Å². The Bertz CT molecular complexity index is 475. The lowest BCUT2D eigenvalue weighted by atomic mass is 9.97. The number of hydrogen-bond donors (Lipinski definition) is 1. The molecule has 6 nitrogen and oxygen atoms in total. The fourth-order valence-corrected chi connectivity index (χ4v) is 2.46. The average molecular weight is 265 g/mol. The number of esters is 1. The molecule has 1 aliphatic carbocycles. The number of ether oxygens (including phenoxy) is 1. The van der Waals surface area contributed by atoms with Gasteiger partial charge in [0.1, 0.15) is 5.54 Å². The zero-order valence-corrected chi connectivity index (χ0v) is 11.3. The van der Waals surface area contributed by atoms with Gasteiger partial charge in [0.05, 0.1) is 18.4 Å². The second-order valence-electron chi connectivity index (χ2n) is 4.87. The summed E-state index contributed by atoms with van der Waals surface area (Å²) in [6, 6.07) is 0. The molecule has 1 aromatic rings. The van der Waals surface area contributed by atoms with Crippen molar-refractivity contribution in [1.29, 1.82) is 0 Å². The number of carbonyl (C=O) groups is 2. The third-order valence-corrected chi connectivity index (χ3v) is 3.44. The predicted octanol–water partition coefficient (Wildman–Crippen LogP) is 1.03. The van der Waals surface area contributed by atoms with E-state index in [1.165, 1.54) is 6.20 Å². The summed E-state index contributed by atoms with van der Waals surface area (Å²) in [6.45, 7) is 2.09. The number of carbonyl (C=O) groups excluding carboxylic acids is 2. The summed E-state index contributed by atoms with van der Waals surface area (Å²) < 4.78 is 6.65. The summed E-state index contributed by atoms with van der Waals surface area (Å²) in [5.41, 5.74) is -0.402. The molecule has 1 fully saturated rings. The van der Waals surface area contributed by atoms with Crippen LogP contribution in [0.1, 0.15) is 43.0 Å². The van der Waals surface area contributed by atoms with Crippen molar-refractivity contribution in [2.24, 2.45) is 7.05 Å². The Morgan fingerprint density at radius 3 is 2.68 bits per heavy atom. The van der Waals surface area contributed by atoms with Gasteiger partial charge in [0.25, 0.3) is 5.91 Å². The highest BCUT2D eigenvalue weighted by molar-refractivity contribution is 5.97. The van der Waals surface area contributed by atoms with Gasteiger partial charge < -0.3 is 10.1 Å². The van der Waals surface area contributed by atoms with Gasteiger partial charge in [-0.1, -0.05) is 12.8 Å². The topological polar surface area (TPSA) is 73.2 Å². The Morgan fingerprint density at radius 2 is 2.16 bits per heavy atom. The number of amides is 1. The molecule has 0 aliphatic heterocycles. The highest BCUT2D eigenvalue weighted by atomic mass is 16.5. The Hall–Kier alpha value is -1.85. The van der Waals surface area contributed by atoms with Gasteiger partial charge in [-0.2, -0.15) is 5.10 Å². The predicted molar refractivity (Wildman–Crippen MR) is 68.5 cm³/mol. The maximum absolute atomic E-state index is 12.2. The van der Waals surface area contributed by atoms with E-state index in [1.807, 2.05) is 0 Å². The third kappa shape index (κ3) is 2.77. The zero-order valence-electron chi connectivity index (χ0n) is 11.3. The highest BCUT2D eigenvalue weighted by Gasteiger charge is 2.44. The van der Waals surface area contributed by atoms with Crippen molar-refractivity contribution < 1.29 is 14.3 Å². The Kier molecular flexibility index (Phi) is 3.87. The van der Waals surface area contributed by atoms with Crippen LogP contribution in [0.4, 0.5) is 0 Å². The standard InChI is InChI=1S/C13H19N3O3/c1-3-19-12(18)13(6-4-5-7-13)15-11(17)10-8-14-16(2)9-10/h8-9H,3-7H2,1-2H3,(H,15,17). The second kappa shape index (κ2) is 5.42. The van der Waals surface area contributed by atoms with E-state index in [-0.39, 0.29) is 11.9 Å². The monoisotopic (exact) mass is 265 g/mol. The highest BCUT2D eigenvalue weighted by Crippen LogP contribution is 2.31. The van der Waals surface area contributed by atoms with Gasteiger partial charge in [0.15, 0.2) is 0 Å². The molecule has 0 aromatic carbocycles. The molecule has 1 N–H and O–H groups in total. The third-order valence-electron chi connectivity index (χ3n) is 3.44. The van der Waals surface area contributed by atoms with Crippen molar-refractivity contribution in [3.8, 4) is 0 Å². The summed E-state index contributed by atoms with van der Waals surface area (Å²) in [7, 11) is 1.74. The van der Waals surface area contributed by atoms with Crippen LogP contribution in [0.5, 0.6) is 0 Å². The van der Waals surface area contributed by atoms with Crippen molar-refractivity contribution in [1.82, 2.24) is 15.1 Å². The van der Waals surface area contributed by atoms with Gasteiger partial charge >= 0.3 is 5.97 Å². The van der Waals surface area contributed by atoms with Crippen LogP contribution in [0, 0.1) is 0 Å². The minimum atomic E-state index is -0.858. The van der Waals surface area contributed by atoms with Crippen LogP contribution in [0.3, 0.4) is 0 Å². The smallest absolute Gasteiger partial charge is 0.331 e. The van der Waals surface area contributed by atoms with Gasteiger partial charge in [-0.3, -0.25) is 9.48 Å². The SMILES string of the molecule is CCOC(=O)C1(NC(=O)c2cnn(C)c2)CCCC1. The molecule has 2 rings (SSSR count). The fourth-order valence-electron chi connectivity index (χ4n) is 2.46. The Balaban J connectivity index is 2.13. The number of hydrogen-bond acceptors (Lipinski definition) is 4. The maximum Gasteiger partial charge on any atom is 0.331 e. The van der Waals surface area contributed by atoms with Gasteiger partial charge in [0.2, 0.25) is 0 Å². The molecule has 1 saturated carbocycles. The first kappa shape index (κ1) is 13.6. The number of nitrogens with one attached hydrogen (secondary N) is 1. The van der Waals surface area contributed by atoms with Crippen LogP contribution in [-0.2, 0) is 16.6 Å².